The fraction of sp³-hybridized carbons (Fsp3) is 0.615. The van der Waals surface area contributed by atoms with Gasteiger partial charge in [-0.3, -0.25) is 0 Å². The van der Waals surface area contributed by atoms with E-state index in [2.05, 4.69) is 18.8 Å². The number of hydrogen-bond donors (Lipinski definition) is 1. The first-order valence-electron chi connectivity index (χ1n) is 6.27. The lowest BCUT2D eigenvalue weighted by Crippen LogP contribution is -2.40. The minimum absolute atomic E-state index is 0.0896. The first kappa shape index (κ1) is 14.0. The summed E-state index contributed by atoms with van der Waals surface area (Å²) in [6.07, 6.45) is -1.32. The molecule has 1 saturated heterocycles. The molecule has 106 valence electrons. The molecule has 0 radical (unpaired) electrons. The van der Waals surface area contributed by atoms with E-state index >= 15 is 0 Å². The highest BCUT2D eigenvalue weighted by Crippen LogP contribution is 2.36. The molecular weight excluding hydrogens is 255 g/mol. The molecule has 0 amide bonds. The number of anilines is 2. The summed E-state index contributed by atoms with van der Waals surface area (Å²) in [5.74, 6) is 0. The van der Waals surface area contributed by atoms with Crippen molar-refractivity contribution in [2.75, 3.05) is 23.7 Å². The lowest BCUT2D eigenvalue weighted by atomic mass is 9.84. The summed E-state index contributed by atoms with van der Waals surface area (Å²) in [5, 5.41) is 0. The number of pyridine rings is 1. The summed E-state index contributed by atoms with van der Waals surface area (Å²) in [6, 6.07) is 1.05. The predicted octanol–water partition coefficient (Wildman–Crippen LogP) is 3.31. The van der Waals surface area contributed by atoms with E-state index in [0.717, 1.165) is 31.6 Å². The van der Waals surface area contributed by atoms with Crippen LogP contribution in [0.1, 0.15) is 32.4 Å². The minimum atomic E-state index is -4.44. The Balaban J connectivity index is 2.33. The minimum Gasteiger partial charge on any atom is -0.396 e. The average Bonchev–Trinajstić information content (AvgIpc) is 2.26. The molecule has 0 atom stereocenters. The van der Waals surface area contributed by atoms with Crippen LogP contribution in [-0.4, -0.2) is 18.1 Å². The van der Waals surface area contributed by atoms with Gasteiger partial charge in [0.25, 0.3) is 0 Å². The van der Waals surface area contributed by atoms with Crippen LogP contribution in [0.25, 0.3) is 0 Å². The van der Waals surface area contributed by atoms with Gasteiger partial charge in [0.2, 0.25) is 0 Å². The highest BCUT2D eigenvalue weighted by atomic mass is 19.4. The van der Waals surface area contributed by atoms with Gasteiger partial charge in [-0.15, -0.1) is 0 Å². The molecule has 0 aliphatic carbocycles. The van der Waals surface area contributed by atoms with E-state index in [4.69, 9.17) is 5.73 Å². The van der Waals surface area contributed by atoms with Crippen molar-refractivity contribution in [2.24, 2.45) is 5.41 Å². The maximum absolute atomic E-state index is 12.7. The van der Waals surface area contributed by atoms with Gasteiger partial charge in [-0.1, -0.05) is 13.8 Å². The fourth-order valence-electron chi connectivity index (χ4n) is 2.51. The Morgan fingerprint density at radius 3 is 2.63 bits per heavy atom. The van der Waals surface area contributed by atoms with Crippen molar-refractivity contribution < 1.29 is 13.2 Å². The van der Waals surface area contributed by atoms with Crippen molar-refractivity contribution in [3.05, 3.63) is 18.0 Å². The van der Waals surface area contributed by atoms with Gasteiger partial charge in [0, 0.05) is 13.1 Å². The molecular formula is C13H18F3N3. The topological polar surface area (TPSA) is 42.2 Å². The Bertz CT molecular complexity index is 469. The van der Waals surface area contributed by atoms with E-state index in [1.165, 1.54) is 0 Å². The molecule has 1 aromatic rings. The Morgan fingerprint density at radius 2 is 2.05 bits per heavy atom. The van der Waals surface area contributed by atoms with Crippen LogP contribution >= 0.6 is 0 Å². The predicted molar refractivity (Wildman–Crippen MR) is 68.9 cm³/mol. The third-order valence-electron chi connectivity index (χ3n) is 3.44. The molecule has 6 heteroatoms. The van der Waals surface area contributed by atoms with E-state index in [1.54, 1.807) is 0 Å². The number of piperidine rings is 1. The molecule has 0 saturated carbocycles. The highest BCUT2D eigenvalue weighted by molar-refractivity contribution is 5.67. The van der Waals surface area contributed by atoms with Crippen molar-refractivity contribution in [3.8, 4) is 0 Å². The Kier molecular flexibility index (Phi) is 3.36. The standard InChI is InChI=1S/C13H18F3N3/c1-12(2)4-3-5-19(8-12)10-6-11(13(14,15)16)18-7-9(10)17/h6-7H,3-5,8,17H2,1-2H3. The zero-order valence-corrected chi connectivity index (χ0v) is 11.1. The van der Waals surface area contributed by atoms with E-state index in [0.29, 0.717) is 17.9 Å². The van der Waals surface area contributed by atoms with Gasteiger partial charge >= 0.3 is 6.18 Å². The summed E-state index contributed by atoms with van der Waals surface area (Å²) in [6.45, 7) is 5.66. The van der Waals surface area contributed by atoms with Gasteiger partial charge in [-0.05, 0) is 24.3 Å². The smallest absolute Gasteiger partial charge is 0.396 e. The number of aromatic nitrogens is 1. The summed E-state index contributed by atoms with van der Waals surface area (Å²) in [4.78, 5) is 5.29. The lowest BCUT2D eigenvalue weighted by molar-refractivity contribution is -0.141. The summed E-state index contributed by atoms with van der Waals surface area (Å²) in [5.41, 5.74) is 5.72. The molecule has 0 bridgehead atoms. The number of nitrogen functional groups attached to an aromatic ring is 1. The molecule has 19 heavy (non-hydrogen) atoms. The number of nitrogens with zero attached hydrogens (tertiary/aromatic N) is 2. The molecule has 1 aliphatic heterocycles. The Hall–Kier alpha value is -1.46. The van der Waals surface area contributed by atoms with Crippen molar-refractivity contribution in [3.63, 3.8) is 0 Å². The Labute approximate surface area is 110 Å². The van der Waals surface area contributed by atoms with Crippen molar-refractivity contribution >= 4 is 11.4 Å². The zero-order valence-electron chi connectivity index (χ0n) is 11.1. The maximum atomic E-state index is 12.7. The number of nitrogens with two attached hydrogens (primary N) is 1. The second kappa shape index (κ2) is 4.58. The average molecular weight is 273 g/mol. The van der Waals surface area contributed by atoms with Gasteiger partial charge in [0.1, 0.15) is 5.69 Å². The molecule has 0 unspecified atom stereocenters. The van der Waals surface area contributed by atoms with Crippen LogP contribution in [0.3, 0.4) is 0 Å². The molecule has 2 heterocycles. The van der Waals surface area contributed by atoms with Gasteiger partial charge in [-0.2, -0.15) is 13.2 Å². The van der Waals surface area contributed by atoms with Crippen molar-refractivity contribution in [1.82, 2.24) is 4.98 Å². The number of hydrogen-bond acceptors (Lipinski definition) is 3. The monoisotopic (exact) mass is 273 g/mol. The molecule has 2 rings (SSSR count). The summed E-state index contributed by atoms with van der Waals surface area (Å²) in [7, 11) is 0. The van der Waals surface area contributed by atoms with Crippen LogP contribution < -0.4 is 10.6 Å². The summed E-state index contributed by atoms with van der Waals surface area (Å²) >= 11 is 0. The maximum Gasteiger partial charge on any atom is 0.433 e. The van der Waals surface area contributed by atoms with E-state index in [-0.39, 0.29) is 5.41 Å². The van der Waals surface area contributed by atoms with Crippen LogP contribution in [0, 0.1) is 5.41 Å². The van der Waals surface area contributed by atoms with E-state index in [1.807, 2.05) is 4.90 Å². The van der Waals surface area contributed by atoms with Crippen LogP contribution in [0.5, 0.6) is 0 Å². The van der Waals surface area contributed by atoms with Crippen LogP contribution in [0.15, 0.2) is 12.3 Å². The van der Waals surface area contributed by atoms with Crippen molar-refractivity contribution in [2.45, 2.75) is 32.9 Å². The normalized spacial score (nSPS) is 19.5. The second-order valence-corrected chi connectivity index (χ2v) is 5.82. The lowest BCUT2D eigenvalue weighted by Gasteiger charge is -2.40. The molecule has 1 fully saturated rings. The van der Waals surface area contributed by atoms with E-state index < -0.39 is 11.9 Å². The largest absolute Gasteiger partial charge is 0.433 e. The number of alkyl halides is 3. The SMILES string of the molecule is CC1(C)CCCN(c2cc(C(F)(F)F)ncc2N)C1. The summed E-state index contributed by atoms with van der Waals surface area (Å²) < 4.78 is 38.1. The van der Waals surface area contributed by atoms with Crippen LogP contribution in [0.2, 0.25) is 0 Å². The van der Waals surface area contributed by atoms with Crippen LogP contribution in [-0.2, 0) is 6.18 Å². The van der Waals surface area contributed by atoms with E-state index in [9.17, 15) is 13.2 Å². The van der Waals surface area contributed by atoms with Gasteiger partial charge in [-0.25, -0.2) is 4.98 Å². The van der Waals surface area contributed by atoms with Gasteiger partial charge in [0.05, 0.1) is 17.6 Å². The molecule has 1 aliphatic rings. The van der Waals surface area contributed by atoms with Gasteiger partial charge in [0.15, 0.2) is 0 Å². The first-order valence-corrected chi connectivity index (χ1v) is 6.27. The Morgan fingerprint density at radius 1 is 1.37 bits per heavy atom. The van der Waals surface area contributed by atoms with Crippen LogP contribution in [0.4, 0.5) is 24.5 Å². The third-order valence-corrected chi connectivity index (χ3v) is 3.44. The quantitative estimate of drug-likeness (QED) is 0.853. The van der Waals surface area contributed by atoms with Crippen molar-refractivity contribution in [1.29, 1.82) is 0 Å². The molecule has 0 spiro atoms. The first-order chi connectivity index (χ1) is 8.69. The molecule has 2 N–H and O–H groups in total. The molecule has 1 aromatic heterocycles. The number of halogens is 3. The molecule has 0 aromatic carbocycles. The fourth-order valence-corrected chi connectivity index (χ4v) is 2.51. The van der Waals surface area contributed by atoms with Gasteiger partial charge < -0.3 is 10.6 Å². The number of rotatable bonds is 1. The zero-order chi connectivity index (χ0) is 14.3. The third kappa shape index (κ3) is 3.11. The highest BCUT2D eigenvalue weighted by Gasteiger charge is 2.34. The second-order valence-electron chi connectivity index (χ2n) is 5.82. The molecule has 3 nitrogen and oxygen atoms in total.